The number of carbonyl (C=O) groups is 1. The Morgan fingerprint density at radius 1 is 0.971 bits per heavy atom. The molecule has 4 saturated carbocycles. The van der Waals surface area contributed by atoms with Gasteiger partial charge in [0.15, 0.2) is 0 Å². The van der Waals surface area contributed by atoms with E-state index in [4.69, 9.17) is 4.74 Å². The molecule has 0 aromatic carbocycles. The number of hydrogen-bond acceptors (Lipinski definition) is 3. The van der Waals surface area contributed by atoms with Crippen LogP contribution in [-0.4, -0.2) is 23.8 Å². The van der Waals surface area contributed by atoms with Gasteiger partial charge in [0.05, 0.1) is 12.7 Å². The molecule has 0 heterocycles. The molecule has 0 saturated heterocycles. The number of aliphatic hydroxyl groups is 1. The minimum Gasteiger partial charge on any atom is -0.465 e. The van der Waals surface area contributed by atoms with E-state index in [0.717, 1.165) is 37.0 Å². The van der Waals surface area contributed by atoms with Crippen LogP contribution in [0.2, 0.25) is 0 Å². The Morgan fingerprint density at radius 2 is 1.69 bits per heavy atom. The Balaban J connectivity index is 1.55. The van der Waals surface area contributed by atoms with E-state index in [2.05, 4.69) is 54.5 Å². The molecule has 3 heteroatoms. The molecule has 0 unspecified atom stereocenters. The number of ether oxygens (including phenoxy) is 1. The molecular formula is C32H52O3. The molecule has 0 amide bonds. The van der Waals surface area contributed by atoms with Crippen molar-refractivity contribution in [1.29, 1.82) is 0 Å². The molecule has 0 spiro atoms. The fraction of sp³-hybridized carbons (Fsp3) is 0.906. The van der Waals surface area contributed by atoms with Gasteiger partial charge in [-0.1, -0.05) is 60.1 Å². The van der Waals surface area contributed by atoms with Gasteiger partial charge in [-0.3, -0.25) is 4.79 Å². The topological polar surface area (TPSA) is 46.5 Å². The predicted octanol–water partition coefficient (Wildman–Crippen LogP) is 7.57. The number of allylic oxidation sites excluding steroid dienone is 2. The van der Waals surface area contributed by atoms with Gasteiger partial charge in [-0.2, -0.15) is 0 Å². The summed E-state index contributed by atoms with van der Waals surface area (Å²) in [5, 5.41) is 11.2. The van der Waals surface area contributed by atoms with Crippen molar-refractivity contribution in [1.82, 2.24) is 0 Å². The van der Waals surface area contributed by atoms with Crippen LogP contribution in [0.4, 0.5) is 0 Å². The van der Waals surface area contributed by atoms with E-state index in [1.807, 2.05) is 5.57 Å². The van der Waals surface area contributed by atoms with Crippen LogP contribution < -0.4 is 0 Å². The zero-order valence-electron chi connectivity index (χ0n) is 23.9. The fourth-order valence-electron chi connectivity index (χ4n) is 11.1. The zero-order chi connectivity index (χ0) is 25.6. The van der Waals surface area contributed by atoms with Crippen molar-refractivity contribution in [2.75, 3.05) is 6.61 Å². The van der Waals surface area contributed by atoms with Gasteiger partial charge in [-0.15, -0.1) is 0 Å². The summed E-state index contributed by atoms with van der Waals surface area (Å²) in [6.45, 7) is 19.5. The first-order valence-corrected chi connectivity index (χ1v) is 14.7. The molecule has 5 aliphatic rings. The van der Waals surface area contributed by atoms with Crippen LogP contribution in [0, 0.1) is 56.7 Å². The van der Waals surface area contributed by atoms with Crippen LogP contribution in [0.15, 0.2) is 11.6 Å². The number of hydrogen-bond donors (Lipinski definition) is 1. The first-order chi connectivity index (χ1) is 16.2. The molecular weight excluding hydrogens is 432 g/mol. The lowest BCUT2D eigenvalue weighted by molar-refractivity contribution is -0.219. The Bertz CT molecular complexity index is 908. The van der Waals surface area contributed by atoms with Crippen LogP contribution in [0.3, 0.4) is 0 Å². The largest absolute Gasteiger partial charge is 0.465 e. The van der Waals surface area contributed by atoms with E-state index in [9.17, 15) is 9.90 Å². The van der Waals surface area contributed by atoms with Crippen LogP contribution in [0.1, 0.15) is 113 Å². The highest BCUT2D eigenvalue weighted by Crippen LogP contribution is 2.75. The van der Waals surface area contributed by atoms with Crippen molar-refractivity contribution in [3.8, 4) is 0 Å². The van der Waals surface area contributed by atoms with Gasteiger partial charge < -0.3 is 9.84 Å². The summed E-state index contributed by atoms with van der Waals surface area (Å²) in [4.78, 5) is 11.7. The second kappa shape index (κ2) is 8.08. The number of aliphatic hydroxyl groups excluding tert-OH is 1. The van der Waals surface area contributed by atoms with Crippen molar-refractivity contribution < 1.29 is 14.6 Å². The second-order valence-corrected chi connectivity index (χ2v) is 15.1. The third-order valence-electron chi connectivity index (χ3n) is 13.8. The van der Waals surface area contributed by atoms with Crippen LogP contribution >= 0.6 is 0 Å². The van der Waals surface area contributed by atoms with Gasteiger partial charge in [0.1, 0.15) is 0 Å². The second-order valence-electron chi connectivity index (χ2n) is 15.1. The lowest BCUT2D eigenvalue weighted by Crippen LogP contribution is -2.65. The van der Waals surface area contributed by atoms with E-state index in [-0.39, 0.29) is 27.6 Å². The van der Waals surface area contributed by atoms with Crippen molar-refractivity contribution in [3.05, 3.63) is 11.6 Å². The van der Waals surface area contributed by atoms with Gasteiger partial charge in [0.25, 0.3) is 0 Å². The normalized spacial score (nSPS) is 55.5. The lowest BCUT2D eigenvalue weighted by atomic mass is 9.33. The Morgan fingerprint density at radius 3 is 2.37 bits per heavy atom. The highest BCUT2D eigenvalue weighted by molar-refractivity contribution is 5.65. The highest BCUT2D eigenvalue weighted by Gasteiger charge is 2.68. The van der Waals surface area contributed by atoms with Gasteiger partial charge >= 0.3 is 5.97 Å². The number of rotatable bonds is 2. The van der Waals surface area contributed by atoms with E-state index >= 15 is 0 Å². The average molecular weight is 485 g/mol. The first kappa shape index (κ1) is 25.8. The summed E-state index contributed by atoms with van der Waals surface area (Å²) in [7, 11) is 0. The Labute approximate surface area is 214 Å². The third kappa shape index (κ3) is 3.34. The molecule has 4 fully saturated rings. The molecule has 0 aromatic heterocycles. The number of fused-ring (bicyclic) bond motifs is 7. The smallest absolute Gasteiger partial charge is 0.302 e. The predicted molar refractivity (Wildman–Crippen MR) is 142 cm³/mol. The van der Waals surface area contributed by atoms with E-state index < -0.39 is 6.10 Å². The third-order valence-corrected chi connectivity index (χ3v) is 13.8. The van der Waals surface area contributed by atoms with E-state index in [0.29, 0.717) is 23.9 Å². The number of esters is 1. The maximum atomic E-state index is 11.7. The molecule has 11 atom stereocenters. The maximum absolute atomic E-state index is 11.7. The van der Waals surface area contributed by atoms with Gasteiger partial charge in [0.2, 0.25) is 0 Å². The first-order valence-electron chi connectivity index (χ1n) is 14.7. The molecule has 198 valence electrons. The van der Waals surface area contributed by atoms with Crippen molar-refractivity contribution in [3.63, 3.8) is 0 Å². The average Bonchev–Trinajstić information content (AvgIpc) is 2.79. The summed E-state index contributed by atoms with van der Waals surface area (Å²) < 4.78 is 5.60. The Hall–Kier alpha value is -0.830. The molecule has 5 aliphatic carbocycles. The van der Waals surface area contributed by atoms with E-state index in [1.54, 1.807) is 0 Å². The van der Waals surface area contributed by atoms with Crippen molar-refractivity contribution in [2.45, 2.75) is 119 Å². The highest BCUT2D eigenvalue weighted by atomic mass is 16.5. The standard InChI is InChI=1S/C32H52O3/c1-20-11-14-28(4)17-18-31(7)23(27(28)21(20)2)9-10-25-29(5)15-13-26(34)30(6,19-35-22(3)33)24(29)12-16-32(25,31)8/h9,20-21,24-27,34H,10-19H2,1-8H3/t20-,21+,24-,25-,26-,27-,28-,29+,30-,31-,32-/m1/s1. The molecule has 0 radical (unpaired) electrons. The van der Waals surface area contributed by atoms with Crippen LogP contribution in [0.25, 0.3) is 0 Å². The monoisotopic (exact) mass is 484 g/mol. The van der Waals surface area contributed by atoms with Gasteiger partial charge in [-0.25, -0.2) is 0 Å². The summed E-state index contributed by atoms with van der Waals surface area (Å²) in [6.07, 6.45) is 13.3. The summed E-state index contributed by atoms with van der Waals surface area (Å²) in [5.74, 6) is 3.09. The molecule has 35 heavy (non-hydrogen) atoms. The minimum atomic E-state index is -0.394. The van der Waals surface area contributed by atoms with Gasteiger partial charge in [-0.05, 0) is 109 Å². The summed E-state index contributed by atoms with van der Waals surface area (Å²) in [5.41, 5.74) is 2.65. The molecule has 0 aliphatic heterocycles. The zero-order valence-corrected chi connectivity index (χ0v) is 23.9. The van der Waals surface area contributed by atoms with Crippen molar-refractivity contribution in [2.24, 2.45) is 56.7 Å². The molecule has 0 bridgehead atoms. The minimum absolute atomic E-state index is 0.165. The summed E-state index contributed by atoms with van der Waals surface area (Å²) in [6, 6.07) is 0. The molecule has 1 N–H and O–H groups in total. The summed E-state index contributed by atoms with van der Waals surface area (Å²) >= 11 is 0. The Kier molecular flexibility index (Phi) is 5.96. The van der Waals surface area contributed by atoms with E-state index in [1.165, 1.54) is 45.4 Å². The van der Waals surface area contributed by atoms with Gasteiger partial charge in [0, 0.05) is 12.3 Å². The SMILES string of the molecule is CC(=O)OC[C@]1(C)[C@@H]2CC[C@]3(C)[C@H](CC=C4[C@H]5[C@@H](C)[C@H](C)CC[C@]5(C)CC[C@]43C)[C@@]2(C)CC[C@H]1O. The molecule has 0 aromatic rings. The lowest BCUT2D eigenvalue weighted by Gasteiger charge is -2.71. The molecule has 3 nitrogen and oxygen atoms in total. The fourth-order valence-corrected chi connectivity index (χ4v) is 11.1. The molecule has 5 rings (SSSR count). The number of carbonyl (C=O) groups excluding carboxylic acids is 1. The van der Waals surface area contributed by atoms with Crippen LogP contribution in [-0.2, 0) is 9.53 Å². The van der Waals surface area contributed by atoms with Crippen molar-refractivity contribution >= 4 is 5.97 Å². The quantitative estimate of drug-likeness (QED) is 0.325. The van der Waals surface area contributed by atoms with Crippen LogP contribution in [0.5, 0.6) is 0 Å². The maximum Gasteiger partial charge on any atom is 0.302 e.